The molecule has 0 radical (unpaired) electrons. The number of ether oxygens (including phenoxy) is 3. The van der Waals surface area contributed by atoms with Gasteiger partial charge in [-0.2, -0.15) is 0 Å². The number of fused-ring (bicyclic) bond motifs is 2. The normalized spacial score (nSPS) is 12.2. The molecule has 0 saturated heterocycles. The minimum Gasteiger partial charge on any atom is -0.454 e. The van der Waals surface area contributed by atoms with E-state index in [1.165, 1.54) is 0 Å². The zero-order valence-corrected chi connectivity index (χ0v) is 13.1. The third-order valence-electron chi connectivity index (χ3n) is 3.74. The van der Waals surface area contributed by atoms with Gasteiger partial charge in [-0.25, -0.2) is 4.79 Å². The summed E-state index contributed by atoms with van der Waals surface area (Å²) in [6, 6.07) is 14.2. The SMILES string of the molecule is O=C(COC(=O)c1cc2ccccc2[nH]1)Nc1ccc2c(c1)OCO2. The molecule has 0 fully saturated rings. The highest BCUT2D eigenvalue weighted by Crippen LogP contribution is 2.34. The van der Waals surface area contributed by atoms with Crippen LogP contribution in [0.3, 0.4) is 0 Å². The van der Waals surface area contributed by atoms with Crippen molar-refractivity contribution in [3.8, 4) is 11.5 Å². The highest BCUT2D eigenvalue weighted by atomic mass is 16.7. The van der Waals surface area contributed by atoms with Gasteiger partial charge in [0.15, 0.2) is 18.1 Å². The second kappa shape index (κ2) is 6.20. The van der Waals surface area contributed by atoms with Gasteiger partial charge in [0, 0.05) is 22.7 Å². The van der Waals surface area contributed by atoms with Crippen LogP contribution in [0, 0.1) is 0 Å². The van der Waals surface area contributed by atoms with Crippen molar-refractivity contribution in [3.63, 3.8) is 0 Å². The molecule has 0 atom stereocenters. The van der Waals surface area contributed by atoms with Gasteiger partial charge in [0.1, 0.15) is 5.69 Å². The molecule has 0 bridgehead atoms. The van der Waals surface area contributed by atoms with Crippen molar-refractivity contribution < 1.29 is 23.8 Å². The summed E-state index contributed by atoms with van der Waals surface area (Å²) in [5.74, 6) is 0.163. The van der Waals surface area contributed by atoms with Crippen LogP contribution in [0.25, 0.3) is 10.9 Å². The van der Waals surface area contributed by atoms with E-state index in [1.807, 2.05) is 24.3 Å². The van der Waals surface area contributed by atoms with Crippen molar-refractivity contribution in [2.45, 2.75) is 0 Å². The fraction of sp³-hybridized carbons (Fsp3) is 0.111. The first-order chi connectivity index (χ1) is 12.2. The van der Waals surface area contributed by atoms with E-state index < -0.39 is 11.9 Å². The molecule has 2 N–H and O–H groups in total. The first-order valence-electron chi connectivity index (χ1n) is 7.63. The zero-order chi connectivity index (χ0) is 17.2. The summed E-state index contributed by atoms with van der Waals surface area (Å²) in [6.45, 7) is -0.225. The summed E-state index contributed by atoms with van der Waals surface area (Å²) in [7, 11) is 0. The predicted molar refractivity (Wildman–Crippen MR) is 89.8 cm³/mol. The van der Waals surface area contributed by atoms with Gasteiger partial charge in [-0.15, -0.1) is 0 Å². The molecule has 2 aromatic carbocycles. The Morgan fingerprint density at radius 2 is 1.92 bits per heavy atom. The predicted octanol–water partition coefficient (Wildman–Crippen LogP) is 2.69. The maximum Gasteiger partial charge on any atom is 0.355 e. The van der Waals surface area contributed by atoms with E-state index >= 15 is 0 Å². The lowest BCUT2D eigenvalue weighted by Gasteiger charge is -2.06. The third kappa shape index (κ3) is 3.12. The maximum absolute atomic E-state index is 12.1. The molecule has 3 aromatic rings. The average Bonchev–Trinajstić information content (AvgIpc) is 3.25. The number of H-pyrrole nitrogens is 1. The van der Waals surface area contributed by atoms with E-state index in [0.29, 0.717) is 22.9 Å². The number of aromatic amines is 1. The number of hydrogen-bond acceptors (Lipinski definition) is 5. The molecule has 126 valence electrons. The quantitative estimate of drug-likeness (QED) is 0.714. The van der Waals surface area contributed by atoms with Crippen molar-refractivity contribution in [3.05, 3.63) is 54.2 Å². The van der Waals surface area contributed by atoms with Crippen LogP contribution in [0.2, 0.25) is 0 Å². The summed E-state index contributed by atoms with van der Waals surface area (Å²) >= 11 is 0. The zero-order valence-electron chi connectivity index (χ0n) is 13.1. The molecule has 0 saturated carbocycles. The Hall–Kier alpha value is -3.48. The number of carbonyl (C=O) groups is 2. The van der Waals surface area contributed by atoms with Crippen LogP contribution in [0.1, 0.15) is 10.5 Å². The fourth-order valence-electron chi connectivity index (χ4n) is 2.56. The number of amides is 1. The lowest BCUT2D eigenvalue weighted by Crippen LogP contribution is -2.21. The first-order valence-corrected chi connectivity index (χ1v) is 7.63. The summed E-state index contributed by atoms with van der Waals surface area (Å²) in [6.07, 6.45) is 0. The van der Waals surface area contributed by atoms with Crippen LogP contribution >= 0.6 is 0 Å². The summed E-state index contributed by atoms with van der Waals surface area (Å²) in [4.78, 5) is 27.0. The molecular weight excluding hydrogens is 324 g/mol. The molecule has 0 spiro atoms. The largest absolute Gasteiger partial charge is 0.454 e. The molecule has 1 aliphatic rings. The first kappa shape index (κ1) is 15.1. The van der Waals surface area contributed by atoms with Crippen LogP contribution in [0.15, 0.2) is 48.5 Å². The van der Waals surface area contributed by atoms with Crippen molar-refractivity contribution in [1.29, 1.82) is 0 Å². The maximum atomic E-state index is 12.1. The number of aromatic nitrogens is 1. The Labute approximate surface area is 142 Å². The van der Waals surface area contributed by atoms with Gasteiger partial charge in [0.25, 0.3) is 5.91 Å². The minimum absolute atomic E-state index is 0.162. The topological polar surface area (TPSA) is 89.7 Å². The van der Waals surface area contributed by atoms with E-state index in [-0.39, 0.29) is 13.4 Å². The number of hydrogen-bond donors (Lipinski definition) is 2. The number of nitrogens with one attached hydrogen (secondary N) is 2. The van der Waals surface area contributed by atoms with Gasteiger partial charge in [0.05, 0.1) is 0 Å². The standard InChI is InChI=1S/C18H14N2O5/c21-17(19-12-5-6-15-16(8-12)25-10-24-15)9-23-18(22)14-7-11-3-1-2-4-13(11)20-14/h1-8,20H,9-10H2,(H,19,21). The van der Waals surface area contributed by atoms with Crippen LogP contribution < -0.4 is 14.8 Å². The number of anilines is 1. The number of esters is 1. The van der Waals surface area contributed by atoms with E-state index in [0.717, 1.165) is 10.9 Å². The lowest BCUT2D eigenvalue weighted by molar-refractivity contribution is -0.119. The van der Waals surface area contributed by atoms with Gasteiger partial charge in [-0.1, -0.05) is 18.2 Å². The molecule has 1 amide bonds. The highest BCUT2D eigenvalue weighted by molar-refractivity contribution is 5.97. The van der Waals surface area contributed by atoms with Gasteiger partial charge >= 0.3 is 5.97 Å². The Morgan fingerprint density at radius 3 is 2.80 bits per heavy atom. The number of rotatable bonds is 4. The average molecular weight is 338 g/mol. The highest BCUT2D eigenvalue weighted by Gasteiger charge is 2.16. The lowest BCUT2D eigenvalue weighted by atomic mass is 10.2. The van der Waals surface area contributed by atoms with Gasteiger partial charge in [-0.3, -0.25) is 4.79 Å². The van der Waals surface area contributed by atoms with Crippen LogP contribution in [-0.4, -0.2) is 30.3 Å². The molecule has 1 aliphatic heterocycles. The summed E-state index contributed by atoms with van der Waals surface area (Å²) < 4.78 is 15.5. The molecule has 0 unspecified atom stereocenters. The Morgan fingerprint density at radius 1 is 1.08 bits per heavy atom. The Balaban J connectivity index is 1.35. The Kier molecular flexibility index (Phi) is 3.74. The molecule has 0 aliphatic carbocycles. The van der Waals surface area contributed by atoms with Gasteiger partial charge in [-0.05, 0) is 24.3 Å². The fourth-order valence-corrected chi connectivity index (χ4v) is 2.56. The van der Waals surface area contributed by atoms with E-state index in [9.17, 15) is 9.59 Å². The van der Waals surface area contributed by atoms with Crippen molar-refractivity contribution in [2.75, 3.05) is 18.7 Å². The molecule has 4 rings (SSSR count). The van der Waals surface area contributed by atoms with Crippen molar-refractivity contribution in [1.82, 2.24) is 4.98 Å². The second-order valence-electron chi connectivity index (χ2n) is 5.46. The van der Waals surface area contributed by atoms with E-state index in [1.54, 1.807) is 24.3 Å². The van der Waals surface area contributed by atoms with E-state index in [2.05, 4.69) is 10.3 Å². The third-order valence-corrected chi connectivity index (χ3v) is 3.74. The number of para-hydroxylation sites is 1. The van der Waals surface area contributed by atoms with Crippen molar-refractivity contribution >= 4 is 28.5 Å². The number of benzene rings is 2. The molecule has 25 heavy (non-hydrogen) atoms. The molecule has 1 aromatic heterocycles. The Bertz CT molecular complexity index is 930. The van der Waals surface area contributed by atoms with E-state index in [4.69, 9.17) is 14.2 Å². The van der Waals surface area contributed by atoms with Crippen LogP contribution in [-0.2, 0) is 9.53 Å². The molecule has 2 heterocycles. The molecular formula is C18H14N2O5. The monoisotopic (exact) mass is 338 g/mol. The molecule has 7 nitrogen and oxygen atoms in total. The molecule has 7 heteroatoms. The second-order valence-corrected chi connectivity index (χ2v) is 5.46. The summed E-state index contributed by atoms with van der Waals surface area (Å²) in [5, 5.41) is 3.55. The minimum atomic E-state index is -0.586. The summed E-state index contributed by atoms with van der Waals surface area (Å²) in [5.41, 5.74) is 1.67. The van der Waals surface area contributed by atoms with Gasteiger partial charge in [0.2, 0.25) is 6.79 Å². The van der Waals surface area contributed by atoms with Gasteiger partial charge < -0.3 is 24.5 Å². The van der Waals surface area contributed by atoms with Crippen molar-refractivity contribution in [2.24, 2.45) is 0 Å². The van der Waals surface area contributed by atoms with Crippen LogP contribution in [0.5, 0.6) is 11.5 Å². The van der Waals surface area contributed by atoms with Crippen LogP contribution in [0.4, 0.5) is 5.69 Å². The number of carbonyl (C=O) groups excluding carboxylic acids is 2. The smallest absolute Gasteiger partial charge is 0.355 e.